The summed E-state index contributed by atoms with van der Waals surface area (Å²) < 4.78 is 68.7. The highest BCUT2D eigenvalue weighted by Crippen LogP contribution is 2.45. The summed E-state index contributed by atoms with van der Waals surface area (Å²) in [6, 6.07) is 0. The van der Waals surface area contributed by atoms with Gasteiger partial charge in [-0.05, 0) is 43.4 Å². The molecule has 3 unspecified atom stereocenters. The van der Waals surface area contributed by atoms with E-state index in [9.17, 15) is 43.2 Å². The van der Waals surface area contributed by atoms with E-state index in [1.54, 1.807) is 0 Å². The molecule has 6 atom stereocenters. The number of hydrogen-bond donors (Lipinski definition) is 3. The van der Waals surface area contributed by atoms with Gasteiger partial charge in [-0.1, -0.05) is 389 Å². The molecule has 0 bridgehead atoms. The predicted molar refractivity (Wildman–Crippen MR) is 423 cm³/mol. The lowest BCUT2D eigenvalue weighted by Gasteiger charge is -2.21. The van der Waals surface area contributed by atoms with Crippen LogP contribution in [0.25, 0.3) is 0 Å². The van der Waals surface area contributed by atoms with Crippen LogP contribution in [-0.4, -0.2) is 96.7 Å². The third-order valence-corrected chi connectivity index (χ3v) is 21.9. The molecule has 0 spiro atoms. The van der Waals surface area contributed by atoms with Gasteiger partial charge in [0.15, 0.2) is 12.2 Å². The van der Waals surface area contributed by atoms with Gasteiger partial charge in [0.25, 0.3) is 0 Å². The molecule has 19 heteroatoms. The van der Waals surface area contributed by atoms with Gasteiger partial charge in [-0.2, -0.15) is 0 Å². The predicted octanol–water partition coefficient (Wildman–Crippen LogP) is 25.3. The number of hydrogen-bond acceptors (Lipinski definition) is 15. The van der Waals surface area contributed by atoms with Crippen LogP contribution < -0.4 is 0 Å². The van der Waals surface area contributed by atoms with Gasteiger partial charge < -0.3 is 33.8 Å². The fourth-order valence-corrected chi connectivity index (χ4v) is 14.6. The number of esters is 4. The number of aliphatic hydroxyl groups excluding tert-OH is 1. The lowest BCUT2D eigenvalue weighted by Crippen LogP contribution is -2.30. The van der Waals surface area contributed by atoms with Crippen LogP contribution in [0.2, 0.25) is 0 Å². The van der Waals surface area contributed by atoms with Gasteiger partial charge in [0, 0.05) is 25.7 Å². The quantitative estimate of drug-likeness (QED) is 0.0222. The van der Waals surface area contributed by atoms with Crippen LogP contribution in [0.4, 0.5) is 0 Å². The van der Waals surface area contributed by atoms with E-state index in [4.69, 9.17) is 37.0 Å². The lowest BCUT2D eigenvalue weighted by atomic mass is 9.99. The van der Waals surface area contributed by atoms with Gasteiger partial charge in [0.05, 0.1) is 26.4 Å². The first kappa shape index (κ1) is 101. The summed E-state index contributed by atoms with van der Waals surface area (Å²) in [7, 11) is -9.92. The van der Waals surface area contributed by atoms with E-state index in [2.05, 4.69) is 48.5 Å². The highest BCUT2D eigenvalue weighted by molar-refractivity contribution is 7.47. The fourth-order valence-electron chi connectivity index (χ4n) is 13.0. The topological polar surface area (TPSA) is 237 Å². The van der Waals surface area contributed by atoms with Gasteiger partial charge in [-0.15, -0.1) is 0 Å². The summed E-state index contributed by atoms with van der Waals surface area (Å²) in [6.07, 6.45) is 64.0. The maximum absolute atomic E-state index is 13.1. The molecule has 0 aromatic heterocycles. The number of aliphatic hydroxyl groups is 1. The zero-order valence-electron chi connectivity index (χ0n) is 67.8. The maximum Gasteiger partial charge on any atom is 0.472 e. The molecule has 0 aromatic carbocycles. The average Bonchev–Trinajstić information content (AvgIpc) is 0.927. The van der Waals surface area contributed by atoms with E-state index in [-0.39, 0.29) is 25.7 Å². The van der Waals surface area contributed by atoms with Crippen molar-refractivity contribution >= 4 is 39.5 Å². The summed E-state index contributed by atoms with van der Waals surface area (Å²) in [5, 5.41) is 10.6. The maximum atomic E-state index is 13.1. The number of carbonyl (C=O) groups is 4. The molecule has 0 aliphatic heterocycles. The second kappa shape index (κ2) is 74.2. The summed E-state index contributed by atoms with van der Waals surface area (Å²) >= 11 is 0. The molecule has 17 nitrogen and oxygen atoms in total. The SMILES string of the molecule is CCCCCCCCCC(=O)OC[C@H](COP(=O)(O)OC[C@H](O)COP(=O)(O)OC[C@@H](COC(=O)CCCCCCCCCCCCCCCCC(C)CC)OC(=O)CCCCCCCCCCCCCCCCCCCCC(C)C)OC(=O)CCCCCCCCCCCCCCCCC(C)C. The lowest BCUT2D eigenvalue weighted by molar-refractivity contribution is -0.161. The molecule has 0 fully saturated rings. The zero-order valence-corrected chi connectivity index (χ0v) is 69.6. The Balaban J connectivity index is 5.17. The van der Waals surface area contributed by atoms with Crippen molar-refractivity contribution in [3.63, 3.8) is 0 Å². The molecule has 0 aliphatic rings. The molecule has 3 N–H and O–H groups in total. The van der Waals surface area contributed by atoms with E-state index >= 15 is 0 Å². The Kier molecular flexibility index (Phi) is 72.8. The van der Waals surface area contributed by atoms with E-state index < -0.39 is 97.5 Å². The Morgan fingerprint density at radius 3 is 0.738 bits per heavy atom. The van der Waals surface area contributed by atoms with Crippen molar-refractivity contribution in [3.8, 4) is 0 Å². The summed E-state index contributed by atoms with van der Waals surface area (Å²) in [6.45, 7) is 12.0. The van der Waals surface area contributed by atoms with Crippen molar-refractivity contribution < 1.29 is 80.2 Å². The van der Waals surface area contributed by atoms with Crippen LogP contribution in [0.15, 0.2) is 0 Å². The highest BCUT2D eigenvalue weighted by atomic mass is 31.2. The second-order valence-corrected chi connectivity index (χ2v) is 34.3. The van der Waals surface area contributed by atoms with Crippen molar-refractivity contribution in [1.82, 2.24) is 0 Å². The van der Waals surface area contributed by atoms with E-state index in [0.29, 0.717) is 25.7 Å². The van der Waals surface area contributed by atoms with Gasteiger partial charge in [0.2, 0.25) is 0 Å². The third-order valence-electron chi connectivity index (χ3n) is 20.0. The van der Waals surface area contributed by atoms with E-state index in [1.807, 2.05) is 0 Å². The van der Waals surface area contributed by atoms with Gasteiger partial charge in [0.1, 0.15) is 19.3 Å². The average molecular weight is 1510 g/mol. The zero-order chi connectivity index (χ0) is 75.8. The van der Waals surface area contributed by atoms with Crippen LogP contribution in [-0.2, 0) is 65.4 Å². The second-order valence-electron chi connectivity index (χ2n) is 31.4. The standard InChI is InChI=1S/C84H164O17P2/c1-8-10-11-12-41-51-58-65-81(86)94-71-79(100-83(88)67-61-54-47-40-34-28-21-19-24-30-36-43-49-56-63-76(5)6)73-98-102(90,91)96-69-78(85)70-97-103(92,93)99-74-80(72-95-82(87)66-59-52-45-38-32-26-22-20-25-31-37-44-50-57-64-77(7)9-2)101-84(89)68-60-53-46-39-33-27-18-16-14-13-15-17-23-29-35-42-48-55-62-75(3)4/h75-80,85H,8-74H2,1-7H3,(H,90,91)(H,92,93)/t77?,78-,79+,80+/m0/s1. The molecule has 0 rings (SSSR count). The van der Waals surface area contributed by atoms with Crippen molar-refractivity contribution in [2.24, 2.45) is 17.8 Å². The number of ether oxygens (including phenoxy) is 4. The minimum Gasteiger partial charge on any atom is -0.462 e. The van der Waals surface area contributed by atoms with E-state index in [0.717, 1.165) is 120 Å². The van der Waals surface area contributed by atoms with Crippen LogP contribution >= 0.6 is 15.6 Å². The van der Waals surface area contributed by atoms with Gasteiger partial charge in [-0.3, -0.25) is 37.3 Å². The fraction of sp³-hybridized carbons (Fsp3) is 0.952. The number of rotatable bonds is 82. The smallest absolute Gasteiger partial charge is 0.462 e. The number of unbranched alkanes of at least 4 members (excludes halogenated alkanes) is 49. The summed E-state index contributed by atoms with van der Waals surface area (Å²) in [5.41, 5.74) is 0. The van der Waals surface area contributed by atoms with Crippen LogP contribution in [0, 0.1) is 17.8 Å². The van der Waals surface area contributed by atoms with Crippen molar-refractivity contribution in [2.45, 2.75) is 458 Å². The minimum absolute atomic E-state index is 0.107. The van der Waals surface area contributed by atoms with Crippen molar-refractivity contribution in [3.05, 3.63) is 0 Å². The van der Waals surface area contributed by atoms with Gasteiger partial charge >= 0.3 is 39.5 Å². The summed E-state index contributed by atoms with van der Waals surface area (Å²) in [5.74, 6) is 0.354. The Labute approximate surface area is 632 Å². The van der Waals surface area contributed by atoms with Crippen LogP contribution in [0.5, 0.6) is 0 Å². The molecular formula is C84H164O17P2. The molecule has 0 amide bonds. The van der Waals surface area contributed by atoms with Crippen LogP contribution in [0.3, 0.4) is 0 Å². The molecular weight excluding hydrogens is 1340 g/mol. The number of carbonyl (C=O) groups excluding carboxylic acids is 4. The molecule has 0 aliphatic carbocycles. The normalized spacial score (nSPS) is 14.2. The Morgan fingerprint density at radius 2 is 0.495 bits per heavy atom. The Bertz CT molecular complexity index is 1990. The monoisotopic (exact) mass is 1510 g/mol. The molecule has 0 saturated heterocycles. The van der Waals surface area contributed by atoms with Crippen LogP contribution in [0.1, 0.15) is 440 Å². The molecule has 0 aromatic rings. The molecule has 0 radical (unpaired) electrons. The van der Waals surface area contributed by atoms with E-state index in [1.165, 1.54) is 238 Å². The Hall–Kier alpha value is -1.94. The molecule has 103 heavy (non-hydrogen) atoms. The van der Waals surface area contributed by atoms with Crippen molar-refractivity contribution in [1.29, 1.82) is 0 Å². The Morgan fingerprint density at radius 1 is 0.282 bits per heavy atom. The number of phosphoric ester groups is 2. The number of phosphoric acid groups is 2. The minimum atomic E-state index is -4.96. The van der Waals surface area contributed by atoms with Crippen molar-refractivity contribution in [2.75, 3.05) is 39.6 Å². The van der Waals surface area contributed by atoms with Gasteiger partial charge in [-0.25, -0.2) is 9.13 Å². The first-order valence-corrected chi connectivity index (χ1v) is 46.4. The molecule has 612 valence electrons. The first-order chi connectivity index (χ1) is 49.8. The third kappa shape index (κ3) is 76.6. The molecule has 0 saturated carbocycles. The molecule has 0 heterocycles. The summed E-state index contributed by atoms with van der Waals surface area (Å²) in [4.78, 5) is 73.0. The largest absolute Gasteiger partial charge is 0.472 e. The first-order valence-electron chi connectivity index (χ1n) is 43.4. The highest BCUT2D eigenvalue weighted by Gasteiger charge is 2.30.